The summed E-state index contributed by atoms with van der Waals surface area (Å²) in [5.41, 5.74) is 15.0. The average molecular weight is 751 g/mol. The Balaban J connectivity index is 1.06. The van der Waals surface area contributed by atoms with Gasteiger partial charge in [0.15, 0.2) is 0 Å². The van der Waals surface area contributed by atoms with Gasteiger partial charge in [-0.1, -0.05) is 141 Å². The van der Waals surface area contributed by atoms with Crippen LogP contribution in [0.5, 0.6) is 0 Å². The highest BCUT2D eigenvalue weighted by atomic mass is 15.0. The van der Waals surface area contributed by atoms with Crippen LogP contribution in [0.3, 0.4) is 0 Å². The van der Waals surface area contributed by atoms with E-state index >= 15 is 0 Å². The van der Waals surface area contributed by atoms with E-state index in [0.717, 1.165) is 0 Å². The summed E-state index contributed by atoms with van der Waals surface area (Å²) < 4.78 is 4.92. The van der Waals surface area contributed by atoms with E-state index in [1.807, 2.05) is 0 Å². The van der Waals surface area contributed by atoms with Crippen molar-refractivity contribution in [1.82, 2.24) is 9.13 Å². The van der Waals surface area contributed by atoms with Crippen LogP contribution >= 0.6 is 0 Å². The van der Waals surface area contributed by atoms with E-state index < -0.39 is 0 Å². The molecule has 0 amide bonds. The van der Waals surface area contributed by atoms with Crippen molar-refractivity contribution in [2.24, 2.45) is 0 Å². The number of fused-ring (bicyclic) bond motifs is 16. The van der Waals surface area contributed by atoms with Crippen LogP contribution in [-0.2, 0) is 5.41 Å². The lowest BCUT2D eigenvalue weighted by Crippen LogP contribution is -2.16. The molecule has 0 saturated carbocycles. The molecule has 59 heavy (non-hydrogen) atoms. The highest BCUT2D eigenvalue weighted by Gasteiger charge is 2.39. The molecule has 2 heteroatoms. The lowest BCUT2D eigenvalue weighted by molar-refractivity contribution is 0.665. The van der Waals surface area contributed by atoms with E-state index in [0.29, 0.717) is 0 Å². The molecule has 12 aromatic rings. The van der Waals surface area contributed by atoms with Gasteiger partial charge in [-0.25, -0.2) is 0 Å². The van der Waals surface area contributed by atoms with Crippen molar-refractivity contribution in [2.75, 3.05) is 0 Å². The van der Waals surface area contributed by atoms with Crippen LogP contribution in [0.2, 0.25) is 0 Å². The molecule has 0 radical (unpaired) electrons. The first-order valence-electron chi connectivity index (χ1n) is 20.7. The molecule has 0 saturated heterocycles. The van der Waals surface area contributed by atoms with Gasteiger partial charge >= 0.3 is 0 Å². The Morgan fingerprint density at radius 2 is 0.797 bits per heavy atom. The van der Waals surface area contributed by atoms with E-state index in [-0.39, 0.29) is 5.41 Å². The molecule has 10 aromatic carbocycles. The predicted molar refractivity (Wildman–Crippen MR) is 251 cm³/mol. The molecule has 0 aliphatic heterocycles. The smallest absolute Gasteiger partial charge is 0.0588 e. The summed E-state index contributed by atoms with van der Waals surface area (Å²) >= 11 is 0. The fourth-order valence-electron chi connectivity index (χ4n) is 10.8. The number of hydrogen-bond acceptors (Lipinski definition) is 0. The van der Waals surface area contributed by atoms with E-state index in [2.05, 4.69) is 217 Å². The number of nitrogens with zero attached hydrogens (tertiary/aromatic N) is 2. The molecule has 2 aromatic heterocycles. The van der Waals surface area contributed by atoms with Crippen molar-refractivity contribution in [2.45, 2.75) is 19.3 Å². The quantitative estimate of drug-likeness (QED) is 0.159. The van der Waals surface area contributed by atoms with Crippen LogP contribution in [0.15, 0.2) is 194 Å². The van der Waals surface area contributed by atoms with E-state index in [1.54, 1.807) is 0 Å². The van der Waals surface area contributed by atoms with Gasteiger partial charge in [-0.05, 0) is 132 Å². The van der Waals surface area contributed by atoms with E-state index in [4.69, 9.17) is 0 Å². The molecule has 0 unspecified atom stereocenters. The molecule has 276 valence electrons. The van der Waals surface area contributed by atoms with Crippen molar-refractivity contribution >= 4 is 75.9 Å². The third-order valence-corrected chi connectivity index (χ3v) is 13.4. The summed E-state index contributed by atoms with van der Waals surface area (Å²) in [5.74, 6) is 0. The minimum absolute atomic E-state index is 0.243. The Labute approximate surface area is 341 Å². The molecular weight excluding hydrogens is 713 g/mol. The summed E-state index contributed by atoms with van der Waals surface area (Å²) in [6.45, 7) is 4.87. The number of hydrogen-bond donors (Lipinski definition) is 0. The highest BCUT2D eigenvalue weighted by Crippen LogP contribution is 2.55. The maximum Gasteiger partial charge on any atom is 0.0588 e. The molecule has 0 bridgehead atoms. The standard InChI is InChI=1S/C57H38N2/c1-57(2)51-34-47-42-22-12-10-20-40(42)39-19-9-11-21-41(39)46(47)33-48(51)44-27-28-45-50-32-36(26-30-54(50)59(56(45)55(44)57)38-17-7-4-8-18-38)35-25-29-53-49(31-35)43-23-13-14-24-52(43)58(53)37-15-5-3-6-16-37/h3-34H,1-2H3. The summed E-state index contributed by atoms with van der Waals surface area (Å²) in [4.78, 5) is 0. The Morgan fingerprint density at radius 3 is 1.42 bits per heavy atom. The first-order chi connectivity index (χ1) is 29.0. The van der Waals surface area contributed by atoms with Gasteiger partial charge in [0.2, 0.25) is 0 Å². The van der Waals surface area contributed by atoms with Gasteiger partial charge < -0.3 is 9.13 Å². The lowest BCUT2D eigenvalue weighted by atomic mass is 9.80. The summed E-state index contributed by atoms with van der Waals surface area (Å²) in [6.07, 6.45) is 0. The Hall–Kier alpha value is -7.42. The summed E-state index contributed by atoms with van der Waals surface area (Å²) in [5, 5.41) is 13.0. The zero-order chi connectivity index (χ0) is 39.0. The molecule has 0 fully saturated rings. The second-order valence-electron chi connectivity index (χ2n) is 16.9. The SMILES string of the molecule is CC1(C)c2cc3c4ccccc4c4ccccc4c3cc2-c2ccc3c4cc(-c5ccc6c(c5)c5ccccc5n6-c5ccccc5)ccc4n(-c4ccccc4)c3c21. The van der Waals surface area contributed by atoms with Gasteiger partial charge in [-0.15, -0.1) is 0 Å². The van der Waals surface area contributed by atoms with Gasteiger partial charge in [0, 0.05) is 38.3 Å². The second-order valence-corrected chi connectivity index (χ2v) is 16.9. The van der Waals surface area contributed by atoms with Gasteiger partial charge in [-0.2, -0.15) is 0 Å². The number of aromatic nitrogens is 2. The van der Waals surface area contributed by atoms with Crippen LogP contribution in [0, 0.1) is 0 Å². The van der Waals surface area contributed by atoms with Crippen molar-refractivity contribution in [3.8, 4) is 33.6 Å². The van der Waals surface area contributed by atoms with Gasteiger partial charge in [0.25, 0.3) is 0 Å². The van der Waals surface area contributed by atoms with Crippen molar-refractivity contribution < 1.29 is 0 Å². The Morgan fingerprint density at radius 1 is 0.322 bits per heavy atom. The van der Waals surface area contributed by atoms with E-state index in [9.17, 15) is 0 Å². The van der Waals surface area contributed by atoms with Crippen LogP contribution < -0.4 is 0 Å². The minimum atomic E-state index is -0.243. The normalized spacial score (nSPS) is 13.4. The average Bonchev–Trinajstić information content (AvgIpc) is 3.88. The maximum absolute atomic E-state index is 2.53. The molecule has 0 N–H and O–H groups in total. The number of para-hydroxylation sites is 3. The van der Waals surface area contributed by atoms with Gasteiger partial charge in [0.1, 0.15) is 0 Å². The second kappa shape index (κ2) is 11.8. The third kappa shape index (κ3) is 4.41. The third-order valence-electron chi connectivity index (χ3n) is 13.4. The predicted octanol–water partition coefficient (Wildman–Crippen LogP) is 15.3. The first kappa shape index (κ1) is 32.6. The molecule has 1 aliphatic carbocycles. The topological polar surface area (TPSA) is 9.86 Å². The number of benzene rings is 10. The molecule has 13 rings (SSSR count). The summed E-state index contributed by atoms with van der Waals surface area (Å²) in [7, 11) is 0. The van der Waals surface area contributed by atoms with Crippen LogP contribution in [-0.4, -0.2) is 9.13 Å². The highest BCUT2D eigenvalue weighted by molar-refractivity contribution is 6.26. The maximum atomic E-state index is 2.53. The Bertz CT molecular complexity index is 3730. The lowest BCUT2D eigenvalue weighted by Gasteiger charge is -2.24. The van der Waals surface area contributed by atoms with Gasteiger partial charge in [-0.3, -0.25) is 0 Å². The number of rotatable bonds is 3. The molecular formula is C57H38N2. The molecule has 0 atom stereocenters. The van der Waals surface area contributed by atoms with Crippen molar-refractivity contribution in [3.05, 3.63) is 205 Å². The fraction of sp³-hybridized carbons (Fsp3) is 0.0526. The Kier molecular flexibility index (Phi) is 6.54. The van der Waals surface area contributed by atoms with Crippen molar-refractivity contribution in [3.63, 3.8) is 0 Å². The van der Waals surface area contributed by atoms with Crippen LogP contribution in [0.25, 0.3) is 110 Å². The van der Waals surface area contributed by atoms with Crippen LogP contribution in [0.1, 0.15) is 25.0 Å². The molecule has 0 spiro atoms. The minimum Gasteiger partial charge on any atom is -0.309 e. The van der Waals surface area contributed by atoms with Crippen molar-refractivity contribution in [1.29, 1.82) is 0 Å². The molecule has 1 aliphatic rings. The largest absolute Gasteiger partial charge is 0.309 e. The van der Waals surface area contributed by atoms with Crippen LogP contribution in [0.4, 0.5) is 0 Å². The fourth-order valence-corrected chi connectivity index (χ4v) is 10.8. The zero-order valence-electron chi connectivity index (χ0n) is 32.9. The first-order valence-corrected chi connectivity index (χ1v) is 20.7. The van der Waals surface area contributed by atoms with E-state index in [1.165, 1.54) is 121 Å². The summed E-state index contributed by atoms with van der Waals surface area (Å²) in [6, 6.07) is 72.2. The monoisotopic (exact) mass is 750 g/mol. The van der Waals surface area contributed by atoms with Gasteiger partial charge in [0.05, 0.1) is 22.1 Å². The molecule has 2 heterocycles. The zero-order valence-corrected chi connectivity index (χ0v) is 32.9. The molecule has 2 nitrogen and oxygen atoms in total.